The summed E-state index contributed by atoms with van der Waals surface area (Å²) in [6.45, 7) is 11.8. The van der Waals surface area contributed by atoms with E-state index < -0.39 is 17.7 Å². The number of esters is 1. The standard InChI is InChI=1S/C23H33N3O5S/c1-6-26-15-18(21(28)30-7-2)20(27)17-14-16(8-9-19(17)26)32-13-12-24-10-11-25-22(29)31-23(3,4)5/h8-9,14-15,24H,6-7,10-13H2,1-5H3,(H,25,29). The Morgan fingerprint density at radius 3 is 2.53 bits per heavy atom. The van der Waals surface area contributed by atoms with Gasteiger partial charge in [-0.15, -0.1) is 11.8 Å². The van der Waals surface area contributed by atoms with Gasteiger partial charge in [0.05, 0.1) is 12.1 Å². The second kappa shape index (κ2) is 11.9. The Morgan fingerprint density at radius 1 is 1.12 bits per heavy atom. The van der Waals surface area contributed by atoms with E-state index in [2.05, 4.69) is 10.6 Å². The van der Waals surface area contributed by atoms with Crippen molar-refractivity contribution in [2.24, 2.45) is 0 Å². The first-order valence-corrected chi connectivity index (χ1v) is 11.8. The third-order valence-corrected chi connectivity index (χ3v) is 5.40. The van der Waals surface area contributed by atoms with E-state index in [1.165, 1.54) is 0 Å². The maximum Gasteiger partial charge on any atom is 0.407 e. The third kappa shape index (κ3) is 7.56. The van der Waals surface area contributed by atoms with Crippen LogP contribution in [-0.4, -0.2) is 54.2 Å². The minimum Gasteiger partial charge on any atom is -0.462 e. The molecule has 2 rings (SSSR count). The van der Waals surface area contributed by atoms with Gasteiger partial charge in [-0.25, -0.2) is 9.59 Å². The lowest BCUT2D eigenvalue weighted by molar-refractivity contribution is 0.0515. The van der Waals surface area contributed by atoms with Crippen LogP contribution in [0.3, 0.4) is 0 Å². The highest BCUT2D eigenvalue weighted by Crippen LogP contribution is 2.22. The second-order valence-electron chi connectivity index (χ2n) is 8.08. The molecule has 0 radical (unpaired) electrons. The van der Waals surface area contributed by atoms with Crippen LogP contribution < -0.4 is 16.1 Å². The van der Waals surface area contributed by atoms with E-state index in [1.54, 1.807) is 24.9 Å². The van der Waals surface area contributed by atoms with Crippen LogP contribution in [0.2, 0.25) is 0 Å². The van der Waals surface area contributed by atoms with E-state index >= 15 is 0 Å². The van der Waals surface area contributed by atoms with E-state index in [0.717, 1.165) is 22.7 Å². The maximum absolute atomic E-state index is 12.9. The quantitative estimate of drug-likeness (QED) is 0.316. The molecule has 0 saturated heterocycles. The normalized spacial score (nSPS) is 11.4. The number of aromatic nitrogens is 1. The zero-order chi connectivity index (χ0) is 23.7. The number of fused-ring (bicyclic) bond motifs is 1. The Balaban J connectivity index is 1.92. The molecule has 176 valence electrons. The molecule has 0 aliphatic rings. The minimum atomic E-state index is -0.594. The Bertz CT molecular complexity index is 998. The fraction of sp³-hybridized carbons (Fsp3) is 0.522. The van der Waals surface area contributed by atoms with Crippen molar-refractivity contribution in [2.75, 3.05) is 32.0 Å². The summed E-state index contributed by atoms with van der Waals surface area (Å²) in [6, 6.07) is 5.73. The van der Waals surface area contributed by atoms with Crippen molar-refractivity contribution in [1.29, 1.82) is 0 Å². The number of thioether (sulfide) groups is 1. The van der Waals surface area contributed by atoms with Gasteiger partial charge in [0, 0.05) is 48.4 Å². The third-order valence-electron chi connectivity index (χ3n) is 4.41. The predicted molar refractivity (Wildman–Crippen MR) is 128 cm³/mol. The smallest absolute Gasteiger partial charge is 0.407 e. The molecule has 1 aromatic heterocycles. The van der Waals surface area contributed by atoms with Crippen molar-refractivity contribution < 1.29 is 19.1 Å². The topological polar surface area (TPSA) is 98.7 Å². The van der Waals surface area contributed by atoms with Gasteiger partial charge >= 0.3 is 12.1 Å². The van der Waals surface area contributed by atoms with E-state index in [1.807, 2.05) is 50.5 Å². The molecule has 2 aromatic rings. The average molecular weight is 464 g/mol. The van der Waals surface area contributed by atoms with Crippen molar-refractivity contribution in [3.05, 3.63) is 40.2 Å². The van der Waals surface area contributed by atoms with Gasteiger partial charge in [-0.1, -0.05) is 0 Å². The first-order valence-electron chi connectivity index (χ1n) is 10.8. The molecular formula is C23H33N3O5S. The summed E-state index contributed by atoms with van der Waals surface area (Å²) >= 11 is 1.62. The molecule has 0 aliphatic carbocycles. The first-order chi connectivity index (χ1) is 15.2. The van der Waals surface area contributed by atoms with Crippen LogP contribution in [0.15, 0.2) is 34.1 Å². The predicted octanol–water partition coefficient (Wildman–Crippen LogP) is 3.40. The van der Waals surface area contributed by atoms with Gasteiger partial charge < -0.3 is 24.7 Å². The number of benzene rings is 1. The van der Waals surface area contributed by atoms with Crippen LogP contribution in [0.5, 0.6) is 0 Å². The van der Waals surface area contributed by atoms with E-state index in [4.69, 9.17) is 9.47 Å². The fourth-order valence-electron chi connectivity index (χ4n) is 3.02. The van der Waals surface area contributed by atoms with E-state index in [-0.39, 0.29) is 17.6 Å². The zero-order valence-corrected chi connectivity index (χ0v) is 20.3. The zero-order valence-electron chi connectivity index (χ0n) is 19.4. The molecule has 1 amide bonds. The lowest BCUT2D eigenvalue weighted by atomic mass is 10.1. The number of carbonyl (C=O) groups is 2. The Hall–Kier alpha value is -2.52. The van der Waals surface area contributed by atoms with Gasteiger partial charge in [0.25, 0.3) is 0 Å². The monoisotopic (exact) mass is 463 g/mol. The molecule has 0 fully saturated rings. The van der Waals surface area contributed by atoms with E-state index in [9.17, 15) is 14.4 Å². The summed E-state index contributed by atoms with van der Waals surface area (Å²) in [6.07, 6.45) is 1.15. The molecule has 2 N–H and O–H groups in total. The number of aryl methyl sites for hydroxylation is 1. The lowest BCUT2D eigenvalue weighted by Crippen LogP contribution is -2.36. The largest absolute Gasteiger partial charge is 0.462 e. The summed E-state index contributed by atoms with van der Waals surface area (Å²) in [5, 5.41) is 6.47. The average Bonchev–Trinajstić information content (AvgIpc) is 2.72. The summed E-state index contributed by atoms with van der Waals surface area (Å²) in [4.78, 5) is 37.6. The molecule has 8 nitrogen and oxygen atoms in total. The highest BCUT2D eigenvalue weighted by molar-refractivity contribution is 7.99. The van der Waals surface area contributed by atoms with Crippen molar-refractivity contribution in [1.82, 2.24) is 15.2 Å². The highest BCUT2D eigenvalue weighted by atomic mass is 32.2. The molecule has 0 spiro atoms. The SMILES string of the molecule is CCOC(=O)c1cn(CC)c2ccc(SCCNCCNC(=O)OC(C)(C)C)cc2c1=O. The first kappa shape index (κ1) is 25.7. The molecule has 0 unspecified atom stereocenters. The van der Waals surface area contributed by atoms with Gasteiger partial charge in [0.2, 0.25) is 5.43 Å². The Morgan fingerprint density at radius 2 is 1.88 bits per heavy atom. The minimum absolute atomic E-state index is 0.0579. The Labute approximate surface area is 193 Å². The highest BCUT2D eigenvalue weighted by Gasteiger charge is 2.17. The summed E-state index contributed by atoms with van der Waals surface area (Å²) < 4.78 is 12.1. The van der Waals surface area contributed by atoms with Crippen molar-refractivity contribution in [3.63, 3.8) is 0 Å². The molecule has 0 saturated carbocycles. The number of nitrogens with one attached hydrogen (secondary N) is 2. The molecule has 0 bridgehead atoms. The number of rotatable bonds is 10. The maximum atomic E-state index is 12.9. The van der Waals surface area contributed by atoms with Crippen LogP contribution in [0.4, 0.5) is 4.79 Å². The number of nitrogens with zero attached hydrogens (tertiary/aromatic N) is 1. The van der Waals surface area contributed by atoms with Gasteiger partial charge in [0.1, 0.15) is 11.2 Å². The number of hydrogen-bond donors (Lipinski definition) is 2. The van der Waals surface area contributed by atoms with Crippen molar-refractivity contribution in [2.45, 2.75) is 51.7 Å². The number of pyridine rings is 1. The molecule has 32 heavy (non-hydrogen) atoms. The molecule has 0 aliphatic heterocycles. The number of hydrogen-bond acceptors (Lipinski definition) is 7. The summed E-state index contributed by atoms with van der Waals surface area (Å²) in [7, 11) is 0. The Kier molecular flexibility index (Phi) is 9.59. The number of alkyl carbamates (subject to hydrolysis) is 1. The summed E-state index contributed by atoms with van der Waals surface area (Å²) in [5.74, 6) is 0.196. The van der Waals surface area contributed by atoms with Gasteiger partial charge in [-0.2, -0.15) is 0 Å². The molecule has 1 heterocycles. The molecule has 1 aromatic carbocycles. The molecule has 0 atom stereocenters. The number of amides is 1. The van der Waals surface area contributed by atoms with Gasteiger partial charge in [-0.3, -0.25) is 4.79 Å². The van der Waals surface area contributed by atoms with Crippen molar-refractivity contribution >= 4 is 34.7 Å². The van der Waals surface area contributed by atoms with Crippen LogP contribution in [-0.2, 0) is 16.0 Å². The van der Waals surface area contributed by atoms with Crippen LogP contribution in [0.25, 0.3) is 10.9 Å². The number of carbonyl (C=O) groups excluding carboxylic acids is 2. The second-order valence-corrected chi connectivity index (χ2v) is 9.25. The van der Waals surface area contributed by atoms with Crippen molar-refractivity contribution in [3.8, 4) is 0 Å². The van der Waals surface area contributed by atoms with Gasteiger partial charge in [-0.05, 0) is 52.8 Å². The van der Waals surface area contributed by atoms with E-state index in [0.29, 0.717) is 25.0 Å². The van der Waals surface area contributed by atoms with Crippen LogP contribution >= 0.6 is 11.8 Å². The molecule has 9 heteroatoms. The fourth-order valence-corrected chi connectivity index (χ4v) is 3.86. The lowest BCUT2D eigenvalue weighted by Gasteiger charge is -2.19. The molecular weight excluding hydrogens is 430 g/mol. The van der Waals surface area contributed by atoms with Crippen LogP contribution in [0.1, 0.15) is 45.0 Å². The summed E-state index contributed by atoms with van der Waals surface area (Å²) in [5.41, 5.74) is 0.0338. The number of ether oxygens (including phenoxy) is 2. The van der Waals surface area contributed by atoms with Crippen LogP contribution in [0, 0.1) is 0 Å². The van der Waals surface area contributed by atoms with Gasteiger partial charge in [0.15, 0.2) is 0 Å².